The van der Waals surface area contributed by atoms with Crippen molar-refractivity contribution in [3.8, 4) is 0 Å². The molecule has 2 aromatic rings. The lowest BCUT2D eigenvalue weighted by Gasteiger charge is -2.44. The highest BCUT2D eigenvalue weighted by molar-refractivity contribution is 6.30. The van der Waals surface area contributed by atoms with Gasteiger partial charge in [-0.25, -0.2) is 4.39 Å². The summed E-state index contributed by atoms with van der Waals surface area (Å²) in [5.41, 5.74) is 3.89. The van der Waals surface area contributed by atoms with Crippen molar-refractivity contribution in [1.29, 1.82) is 0 Å². The minimum absolute atomic E-state index is 0.177. The zero-order valence-electron chi connectivity index (χ0n) is 16.3. The van der Waals surface area contributed by atoms with Crippen LogP contribution in [0.1, 0.15) is 48.9 Å². The Hall–Kier alpha value is -1.42. The van der Waals surface area contributed by atoms with Gasteiger partial charge in [0.1, 0.15) is 5.82 Å². The van der Waals surface area contributed by atoms with Gasteiger partial charge in [-0.15, -0.1) is 0 Å². The predicted octanol–water partition coefficient (Wildman–Crippen LogP) is 5.33. The van der Waals surface area contributed by atoms with Crippen molar-refractivity contribution in [2.24, 2.45) is 5.92 Å². The number of likely N-dealkylation sites (N-methyl/N-ethyl adjacent to an activating group) is 1. The van der Waals surface area contributed by atoms with Crippen LogP contribution in [0.3, 0.4) is 0 Å². The molecule has 0 aromatic heterocycles. The molecule has 0 N–H and O–H groups in total. The molecule has 3 unspecified atom stereocenters. The minimum atomic E-state index is -0.177. The Balaban J connectivity index is 1.66. The Morgan fingerprint density at radius 2 is 1.78 bits per heavy atom. The van der Waals surface area contributed by atoms with Gasteiger partial charge < -0.3 is 4.90 Å². The van der Waals surface area contributed by atoms with E-state index in [1.807, 2.05) is 18.2 Å². The first kappa shape index (κ1) is 18.9. The quantitative estimate of drug-likeness (QED) is 0.703. The minimum Gasteiger partial charge on any atom is -0.301 e. The van der Waals surface area contributed by atoms with Gasteiger partial charge in [-0.2, -0.15) is 0 Å². The number of piperazine rings is 1. The van der Waals surface area contributed by atoms with Crippen molar-refractivity contribution in [3.63, 3.8) is 0 Å². The molecule has 3 atom stereocenters. The topological polar surface area (TPSA) is 6.48 Å². The smallest absolute Gasteiger partial charge is 0.123 e. The van der Waals surface area contributed by atoms with E-state index in [4.69, 9.17) is 11.6 Å². The molecular weight excluding hydrogens is 359 g/mol. The van der Waals surface area contributed by atoms with Gasteiger partial charge in [0.05, 0.1) is 0 Å². The lowest BCUT2D eigenvalue weighted by Crippen LogP contribution is -2.54. The van der Waals surface area contributed by atoms with Crippen molar-refractivity contribution < 1.29 is 4.39 Å². The van der Waals surface area contributed by atoms with E-state index < -0.39 is 0 Å². The second-order valence-corrected chi connectivity index (χ2v) is 8.85. The van der Waals surface area contributed by atoms with E-state index >= 15 is 0 Å². The molecular formula is C23H28ClFN2. The molecule has 4 heteroatoms. The third kappa shape index (κ3) is 3.65. The summed E-state index contributed by atoms with van der Waals surface area (Å²) in [7, 11) is 2.24. The van der Waals surface area contributed by atoms with E-state index in [0.29, 0.717) is 23.9 Å². The fraction of sp³-hybridized carbons (Fsp3) is 0.478. The second-order valence-electron chi connectivity index (χ2n) is 8.42. The number of nitrogens with zero attached hydrogens (tertiary/aromatic N) is 2. The molecule has 0 radical (unpaired) electrons. The molecule has 144 valence electrons. The van der Waals surface area contributed by atoms with E-state index in [-0.39, 0.29) is 5.82 Å². The van der Waals surface area contributed by atoms with Crippen LogP contribution in [0.25, 0.3) is 0 Å². The molecule has 0 bridgehead atoms. The molecule has 0 saturated carbocycles. The summed E-state index contributed by atoms with van der Waals surface area (Å²) in [5.74, 6) is 0.759. The van der Waals surface area contributed by atoms with Gasteiger partial charge in [0.25, 0.3) is 0 Å². The molecule has 27 heavy (non-hydrogen) atoms. The number of hydrogen-bond donors (Lipinski definition) is 0. The third-order valence-corrected chi connectivity index (χ3v) is 6.69. The van der Waals surface area contributed by atoms with Gasteiger partial charge in [-0.05, 0) is 60.3 Å². The Bertz CT molecular complexity index is 805. The zero-order chi connectivity index (χ0) is 19.1. The maximum atomic E-state index is 13.4. The summed E-state index contributed by atoms with van der Waals surface area (Å²) in [6.45, 7) is 7.88. The first-order chi connectivity index (χ1) is 12.9. The average Bonchev–Trinajstić information content (AvgIpc) is 3.01. The van der Waals surface area contributed by atoms with Crippen LogP contribution in [0.2, 0.25) is 5.02 Å². The fourth-order valence-corrected chi connectivity index (χ4v) is 5.09. The van der Waals surface area contributed by atoms with Crippen LogP contribution in [0.15, 0.2) is 42.5 Å². The van der Waals surface area contributed by atoms with E-state index in [2.05, 4.69) is 42.8 Å². The van der Waals surface area contributed by atoms with Crippen LogP contribution in [0, 0.1) is 11.7 Å². The van der Waals surface area contributed by atoms with Crippen LogP contribution in [0.4, 0.5) is 4.39 Å². The predicted molar refractivity (Wildman–Crippen MR) is 110 cm³/mol. The van der Waals surface area contributed by atoms with E-state index in [9.17, 15) is 4.39 Å². The number of fused-ring (bicyclic) bond motifs is 1. The number of rotatable bonds is 3. The molecule has 1 aliphatic heterocycles. The maximum absolute atomic E-state index is 13.4. The lowest BCUT2D eigenvalue weighted by molar-refractivity contribution is 0.0427. The Labute approximate surface area is 166 Å². The summed E-state index contributed by atoms with van der Waals surface area (Å²) in [4.78, 5) is 5.13. The number of halogens is 2. The Kier molecular flexibility index (Phi) is 5.28. The molecule has 2 aliphatic rings. The Morgan fingerprint density at radius 1 is 1.04 bits per heavy atom. The van der Waals surface area contributed by atoms with Gasteiger partial charge in [0, 0.05) is 42.7 Å². The average molecular weight is 387 g/mol. The van der Waals surface area contributed by atoms with E-state index in [1.54, 1.807) is 12.1 Å². The molecule has 1 aliphatic carbocycles. The van der Waals surface area contributed by atoms with E-state index in [1.165, 1.54) is 16.7 Å². The van der Waals surface area contributed by atoms with Crippen LogP contribution in [-0.4, -0.2) is 42.5 Å². The van der Waals surface area contributed by atoms with Gasteiger partial charge in [-0.1, -0.05) is 43.6 Å². The summed E-state index contributed by atoms with van der Waals surface area (Å²) in [6, 6.07) is 14.3. The van der Waals surface area contributed by atoms with Gasteiger partial charge in [0.15, 0.2) is 0 Å². The first-order valence-corrected chi connectivity index (χ1v) is 10.3. The summed E-state index contributed by atoms with van der Waals surface area (Å²) >= 11 is 6.37. The second kappa shape index (κ2) is 7.54. The standard InChI is InChI=1S/C23H28ClFN2/c1-15(2)23-14-27(11-10-26(23)3)22-13-20(16-4-7-18(25)8-5-16)19-9-6-17(24)12-21(19)22/h4-9,12,15,20,22-23H,10-11,13-14H2,1-3H3. The number of benzene rings is 2. The van der Waals surface area contributed by atoms with Crippen molar-refractivity contribution in [2.75, 3.05) is 26.7 Å². The largest absolute Gasteiger partial charge is 0.301 e. The molecule has 2 nitrogen and oxygen atoms in total. The molecule has 4 rings (SSSR count). The monoisotopic (exact) mass is 386 g/mol. The third-order valence-electron chi connectivity index (χ3n) is 6.45. The van der Waals surface area contributed by atoms with Crippen LogP contribution in [-0.2, 0) is 0 Å². The highest BCUT2D eigenvalue weighted by Crippen LogP contribution is 2.48. The highest BCUT2D eigenvalue weighted by Gasteiger charge is 2.38. The first-order valence-electron chi connectivity index (χ1n) is 9.93. The maximum Gasteiger partial charge on any atom is 0.123 e. The summed E-state index contributed by atoms with van der Waals surface area (Å²) in [6.07, 6.45) is 1.04. The highest BCUT2D eigenvalue weighted by atomic mass is 35.5. The molecule has 0 spiro atoms. The Morgan fingerprint density at radius 3 is 2.48 bits per heavy atom. The summed E-state index contributed by atoms with van der Waals surface area (Å²) in [5, 5.41) is 0.799. The van der Waals surface area contributed by atoms with Crippen molar-refractivity contribution in [3.05, 3.63) is 70.0 Å². The van der Waals surface area contributed by atoms with Gasteiger partial charge in [0.2, 0.25) is 0 Å². The fourth-order valence-electron chi connectivity index (χ4n) is 4.91. The van der Waals surface area contributed by atoms with Gasteiger partial charge in [-0.3, -0.25) is 4.90 Å². The summed E-state index contributed by atoms with van der Waals surface area (Å²) < 4.78 is 13.4. The molecule has 2 aromatic carbocycles. The van der Waals surface area contributed by atoms with Gasteiger partial charge >= 0.3 is 0 Å². The zero-order valence-corrected chi connectivity index (χ0v) is 17.1. The lowest BCUT2D eigenvalue weighted by atomic mass is 9.93. The van der Waals surface area contributed by atoms with Crippen molar-refractivity contribution in [2.45, 2.75) is 38.3 Å². The van der Waals surface area contributed by atoms with Crippen LogP contribution in [0.5, 0.6) is 0 Å². The van der Waals surface area contributed by atoms with Crippen LogP contribution >= 0.6 is 11.6 Å². The normalized spacial score (nSPS) is 26.5. The van der Waals surface area contributed by atoms with Crippen LogP contribution < -0.4 is 0 Å². The molecule has 1 saturated heterocycles. The molecule has 1 heterocycles. The molecule has 0 amide bonds. The number of hydrogen-bond acceptors (Lipinski definition) is 2. The molecule has 1 fully saturated rings. The van der Waals surface area contributed by atoms with Crippen molar-refractivity contribution in [1.82, 2.24) is 9.80 Å². The van der Waals surface area contributed by atoms with E-state index in [0.717, 1.165) is 31.1 Å². The SMILES string of the molecule is CC(C)C1CN(C2CC(c3ccc(F)cc3)c3ccc(Cl)cc32)CCN1C. The van der Waals surface area contributed by atoms with Crippen molar-refractivity contribution >= 4 is 11.6 Å².